The van der Waals surface area contributed by atoms with Gasteiger partial charge in [-0.15, -0.1) is 0 Å². The summed E-state index contributed by atoms with van der Waals surface area (Å²) in [5.74, 6) is -6.08. The number of carbonyl (C=O) groups is 4. The van der Waals surface area contributed by atoms with Crippen LogP contribution in [0.4, 0.5) is 0 Å². The van der Waals surface area contributed by atoms with Crippen molar-refractivity contribution in [3.05, 3.63) is 93.0 Å². The van der Waals surface area contributed by atoms with Gasteiger partial charge in [0.1, 0.15) is 69.1 Å². The van der Waals surface area contributed by atoms with Crippen molar-refractivity contribution in [3.8, 4) is 46.0 Å². The zero-order chi connectivity index (χ0) is 101. The molecule has 0 amide bonds. The lowest BCUT2D eigenvalue weighted by molar-refractivity contribution is -0.128. The molecule has 24 heteroatoms. The molecule has 20 nitrogen and oxygen atoms in total. The van der Waals surface area contributed by atoms with E-state index in [1.807, 2.05) is 79.7 Å². The summed E-state index contributed by atoms with van der Waals surface area (Å²) in [7, 11) is -13.0. The first-order valence-corrected chi connectivity index (χ1v) is 61.6. The number of unbranched alkanes of at least 4 members (excludes halogenated alkanes) is 32. The molecule has 8 fully saturated rings. The van der Waals surface area contributed by atoms with Gasteiger partial charge in [-0.2, -0.15) is 33.7 Å². The molecule has 0 aliphatic heterocycles. The highest BCUT2D eigenvalue weighted by Crippen LogP contribution is 2.69. The van der Waals surface area contributed by atoms with Crippen LogP contribution in [0.1, 0.15) is 485 Å². The lowest BCUT2D eigenvalue weighted by Gasteiger charge is -2.36. The average molecular weight is 2020 g/mol. The molecule has 0 spiro atoms. The lowest BCUT2D eigenvalue weighted by atomic mass is 9.70. The fourth-order valence-electron chi connectivity index (χ4n) is 28.4. The van der Waals surface area contributed by atoms with Gasteiger partial charge >= 0.3 is 40.5 Å². The SMILES string of the molecule is CCCCCCCCCCC[C@H]1c2cc(c(OS(=O)(=O)C[C@]34CC[C@H](CC3=O)C4(C)C)cc2OC)[C@@H](CCCCCCCCCCC)c2cc(c(OS(=O)(=O)C[C@]34CC[C@H](CC3=O)C4(C)C)cc2OC)[C@@H](CCCCCCCCCCC)c2cc(c(OS(=O)(=O)C[C@]34CC[C@H](CC3=O)C4(C)C)cc2OC)[C@@H](CCCCCCCCCCC)c2cc1c(OS(=O)(=O)C[C@]13CC[C@H](CC1=O)C3(C)C)cc2OC. The Balaban J connectivity index is 1.15. The van der Waals surface area contributed by atoms with Crippen LogP contribution < -0.4 is 35.7 Å². The zero-order valence-corrected chi connectivity index (χ0v) is 91.9. The van der Waals surface area contributed by atoms with Crippen LogP contribution >= 0.6 is 0 Å². The largest absolute Gasteiger partial charge is 0.496 e. The maximum atomic E-state index is 16.2. The van der Waals surface area contributed by atoms with Crippen molar-refractivity contribution in [1.82, 2.24) is 0 Å². The molecular formula is C116H176O20S4. The number of fused-ring (bicyclic) bond motifs is 16. The van der Waals surface area contributed by atoms with Crippen LogP contribution in [0, 0.1) is 67.0 Å². The molecule has 0 N–H and O–H groups in total. The molecule has 0 radical (unpaired) electrons. The predicted octanol–water partition coefficient (Wildman–Crippen LogP) is 28.7. The van der Waals surface area contributed by atoms with E-state index in [1.54, 1.807) is 24.3 Å². The fourth-order valence-corrected chi connectivity index (χ4v) is 35.4. The minimum Gasteiger partial charge on any atom is -0.496 e. The van der Waals surface area contributed by atoms with Crippen molar-refractivity contribution < 1.29 is 88.5 Å². The van der Waals surface area contributed by atoms with Gasteiger partial charge in [-0.05, 0) is 147 Å². The number of ketones is 4. The Morgan fingerprint density at radius 2 is 0.393 bits per heavy atom. The summed E-state index contributed by atoms with van der Waals surface area (Å²) < 4.78 is 185. The maximum Gasteiger partial charge on any atom is 0.310 e. The van der Waals surface area contributed by atoms with Gasteiger partial charge in [-0.3, -0.25) is 19.2 Å². The van der Waals surface area contributed by atoms with Crippen molar-refractivity contribution in [2.24, 2.45) is 67.0 Å². The van der Waals surface area contributed by atoms with E-state index >= 15 is 33.7 Å². The Morgan fingerprint density at radius 1 is 0.236 bits per heavy atom. The molecule has 16 bridgehead atoms. The Bertz CT molecular complexity index is 4770. The van der Waals surface area contributed by atoms with Gasteiger partial charge in [0.2, 0.25) is 0 Å². The summed E-state index contributed by atoms with van der Waals surface area (Å²) in [5.41, 5.74) is -4.17. The van der Waals surface area contributed by atoms with E-state index in [0.29, 0.717) is 147 Å². The average Bonchev–Trinajstić information content (AvgIpc) is 1.56. The molecule has 784 valence electrons. The molecule has 12 atom stereocenters. The zero-order valence-electron chi connectivity index (χ0n) is 88.6. The van der Waals surface area contributed by atoms with E-state index in [-0.39, 0.29) is 118 Å². The molecule has 4 aromatic rings. The topological polar surface area (TPSA) is 279 Å². The summed E-state index contributed by atoms with van der Waals surface area (Å²) in [6.07, 6.45) is 41.4. The smallest absolute Gasteiger partial charge is 0.310 e. The van der Waals surface area contributed by atoms with Gasteiger partial charge in [-0.25, -0.2) is 0 Å². The van der Waals surface area contributed by atoms with Crippen LogP contribution in [0.15, 0.2) is 48.5 Å². The highest BCUT2D eigenvalue weighted by atomic mass is 32.2. The molecule has 0 heterocycles. The van der Waals surface area contributed by atoms with Gasteiger partial charge in [0.25, 0.3) is 0 Å². The Kier molecular flexibility index (Phi) is 37.1. The Labute approximate surface area is 844 Å². The van der Waals surface area contributed by atoms with Crippen LogP contribution in [-0.2, 0) is 59.7 Å². The highest BCUT2D eigenvalue weighted by molar-refractivity contribution is 7.88. The normalized spacial score (nSPS) is 26.1. The Morgan fingerprint density at radius 3 is 0.536 bits per heavy atom. The molecule has 0 aromatic heterocycles. The van der Waals surface area contributed by atoms with Crippen molar-refractivity contribution >= 4 is 63.6 Å². The van der Waals surface area contributed by atoms with Crippen LogP contribution in [0.2, 0.25) is 0 Å². The first kappa shape index (κ1) is 111. The molecule has 140 heavy (non-hydrogen) atoms. The van der Waals surface area contributed by atoms with Crippen molar-refractivity contribution in [3.63, 3.8) is 0 Å². The maximum absolute atomic E-state index is 16.2. The van der Waals surface area contributed by atoms with E-state index in [0.717, 1.165) is 205 Å². The number of hydrogen-bond acceptors (Lipinski definition) is 20. The van der Waals surface area contributed by atoms with E-state index in [1.165, 1.54) is 28.4 Å². The summed E-state index contributed by atoms with van der Waals surface area (Å²) in [4.78, 5) is 59.0. The minimum absolute atomic E-state index is 0.0289. The van der Waals surface area contributed by atoms with Crippen molar-refractivity contribution in [1.29, 1.82) is 0 Å². The first-order chi connectivity index (χ1) is 66.6. The second-order valence-electron chi connectivity index (χ2n) is 47.0. The van der Waals surface area contributed by atoms with E-state index in [9.17, 15) is 19.2 Å². The lowest BCUT2D eigenvalue weighted by Crippen LogP contribution is -2.43. The number of Topliss-reactive ketones (excluding diaryl/α,β-unsaturated/α-hetero) is 4. The second kappa shape index (κ2) is 46.9. The molecule has 13 rings (SSSR count). The minimum atomic E-state index is -4.78. The third kappa shape index (κ3) is 23.5. The first-order valence-electron chi connectivity index (χ1n) is 55.3. The number of ether oxygens (including phenoxy) is 4. The van der Waals surface area contributed by atoms with Gasteiger partial charge in [0, 0.05) is 118 Å². The Hall–Kier alpha value is -6.24. The highest BCUT2D eigenvalue weighted by Gasteiger charge is 2.70. The summed E-state index contributed by atoms with van der Waals surface area (Å²) in [6, 6.07) is 14.5. The third-order valence-electron chi connectivity index (χ3n) is 38.0. The number of hydrogen-bond donors (Lipinski definition) is 0. The number of rotatable bonds is 60. The fraction of sp³-hybridized carbons (Fsp3) is 0.759. The molecule has 9 aliphatic carbocycles. The van der Waals surface area contributed by atoms with Crippen LogP contribution in [0.3, 0.4) is 0 Å². The standard InChI is InChI=1S/C116H176O20S4/c1-17-21-25-29-33-37-41-45-49-53-85-89-69-94(102(73-97(89)129-13)134-138(123,124)78-114-62-58-82(66-106(114)118)110(114,7)8)87(55-51-47-43-39-35-31-27-23-19-3)91-71-96(104(75-99(91)131-15)136-140(127,128)80-116-64-60-84(68-108(116)120)112(116,11)12)88(56-52-48-44-40-36-32-28-24-20-4)92-72-95(103(76-100(92)132-16)135-139(125,126)79-115-63-59-83(67-107(115)119)111(115,9)10)86(54-50-46-42-38-34-30-26-22-18-2)90-70-93(85)101(74-98(90)130-14)133-137(121,122)77-113-61-57-81(65-105(113)117)109(113,5)6/h69-76,81-88H,17-68,77-80H2,1-16H3/t81-,82-,83-,84-,85+,86+,87+,88+,113-,114-,115-,116-/m1/s1. The molecule has 9 aliphatic rings. The van der Waals surface area contributed by atoms with Gasteiger partial charge in [0.05, 0.1) is 73.1 Å². The number of methoxy groups -OCH3 is 4. The summed E-state index contributed by atoms with van der Waals surface area (Å²) >= 11 is 0. The summed E-state index contributed by atoms with van der Waals surface area (Å²) in [5, 5.41) is 0. The van der Waals surface area contributed by atoms with Gasteiger partial charge in [0.15, 0.2) is 0 Å². The van der Waals surface area contributed by atoms with Crippen LogP contribution in [-0.4, -0.2) is 108 Å². The van der Waals surface area contributed by atoms with Crippen LogP contribution in [0.25, 0.3) is 0 Å². The number of carbonyl (C=O) groups excluding carboxylic acids is 4. The van der Waals surface area contributed by atoms with Crippen molar-refractivity contribution in [2.45, 2.75) is 441 Å². The van der Waals surface area contributed by atoms with E-state index in [4.69, 9.17) is 35.7 Å². The predicted molar refractivity (Wildman–Crippen MR) is 559 cm³/mol. The quantitative estimate of drug-likeness (QED) is 0.0293. The third-order valence-corrected chi connectivity index (χ3v) is 43.1. The molecule has 8 saturated carbocycles. The van der Waals surface area contributed by atoms with E-state index in [2.05, 4.69) is 27.7 Å². The molecule has 0 unspecified atom stereocenters. The van der Waals surface area contributed by atoms with Gasteiger partial charge in [-0.1, -0.05) is 314 Å². The second-order valence-corrected chi connectivity index (χ2v) is 53.3. The number of benzene rings is 4. The van der Waals surface area contributed by atoms with Gasteiger partial charge < -0.3 is 35.7 Å². The van der Waals surface area contributed by atoms with Crippen LogP contribution in [0.5, 0.6) is 46.0 Å². The molecular weight excluding hydrogens is 1840 g/mol. The van der Waals surface area contributed by atoms with Crippen molar-refractivity contribution in [2.75, 3.05) is 51.5 Å². The molecule has 4 aromatic carbocycles. The summed E-state index contributed by atoms with van der Waals surface area (Å²) in [6.45, 7) is 24.9. The monoisotopic (exact) mass is 2020 g/mol. The van der Waals surface area contributed by atoms with E-state index < -0.39 is 130 Å². The molecule has 0 saturated heterocycles.